The van der Waals surface area contributed by atoms with Crippen LogP contribution in [0.1, 0.15) is 30.9 Å². The zero-order valence-electron chi connectivity index (χ0n) is 15.3. The van der Waals surface area contributed by atoms with Gasteiger partial charge in [-0.15, -0.1) is 0 Å². The number of piperidine rings is 1. The van der Waals surface area contributed by atoms with E-state index in [1.165, 1.54) is 22.3 Å². The second kappa shape index (κ2) is 7.83. The van der Waals surface area contributed by atoms with Crippen LogP contribution in [0.2, 0.25) is 0 Å². The summed E-state index contributed by atoms with van der Waals surface area (Å²) < 4.78 is 0. The van der Waals surface area contributed by atoms with Crippen LogP contribution in [0.4, 0.5) is 0 Å². The van der Waals surface area contributed by atoms with Gasteiger partial charge in [0.05, 0.1) is 5.41 Å². The molecule has 1 atom stereocenters. The Bertz CT molecular complexity index is 698. The van der Waals surface area contributed by atoms with Gasteiger partial charge in [0.1, 0.15) is 0 Å². The molecule has 1 unspecified atom stereocenters. The van der Waals surface area contributed by atoms with Gasteiger partial charge in [-0.25, -0.2) is 0 Å². The monoisotopic (exact) mass is 336 g/mol. The highest BCUT2D eigenvalue weighted by molar-refractivity contribution is 5.83. The molecule has 1 saturated heterocycles. The summed E-state index contributed by atoms with van der Waals surface area (Å²) in [7, 11) is 0. The fraction of sp³-hybridized carbons (Fsp3) is 0.409. The van der Waals surface area contributed by atoms with Crippen molar-refractivity contribution in [3.63, 3.8) is 0 Å². The number of carbonyl (C=O) groups excluding carboxylic acids is 1. The SMILES string of the molecule is CCNC(=O)C1(Cc2ccc(-c3ccc(C)cc3)cc2)CCCNC1. The predicted molar refractivity (Wildman–Crippen MR) is 104 cm³/mol. The van der Waals surface area contributed by atoms with Crippen LogP contribution < -0.4 is 10.6 Å². The van der Waals surface area contributed by atoms with Crippen molar-refractivity contribution in [1.29, 1.82) is 0 Å². The maximum Gasteiger partial charge on any atom is 0.227 e. The van der Waals surface area contributed by atoms with E-state index in [1.54, 1.807) is 0 Å². The molecule has 2 aromatic rings. The Labute approximate surface area is 150 Å². The lowest BCUT2D eigenvalue weighted by molar-refractivity contribution is -0.132. The average molecular weight is 336 g/mol. The minimum Gasteiger partial charge on any atom is -0.356 e. The molecule has 3 heteroatoms. The largest absolute Gasteiger partial charge is 0.356 e. The van der Waals surface area contributed by atoms with E-state index in [0.717, 1.165) is 32.4 Å². The van der Waals surface area contributed by atoms with Crippen LogP contribution >= 0.6 is 0 Å². The number of carbonyl (C=O) groups is 1. The first-order valence-electron chi connectivity index (χ1n) is 9.28. The Kier molecular flexibility index (Phi) is 5.54. The quantitative estimate of drug-likeness (QED) is 0.874. The van der Waals surface area contributed by atoms with Gasteiger partial charge in [0.2, 0.25) is 5.91 Å². The van der Waals surface area contributed by atoms with E-state index < -0.39 is 0 Å². The molecule has 0 spiro atoms. The van der Waals surface area contributed by atoms with Gasteiger partial charge in [0.25, 0.3) is 0 Å². The standard InChI is InChI=1S/C22H28N2O/c1-3-24-21(25)22(13-4-14-23-16-22)15-18-7-11-20(12-8-18)19-9-5-17(2)6-10-19/h5-12,23H,3-4,13-16H2,1-2H3,(H,24,25). The van der Waals surface area contributed by atoms with Crippen LogP contribution in [0.3, 0.4) is 0 Å². The first-order chi connectivity index (χ1) is 12.1. The summed E-state index contributed by atoms with van der Waals surface area (Å²) >= 11 is 0. The minimum absolute atomic E-state index is 0.185. The molecule has 0 saturated carbocycles. The van der Waals surface area contributed by atoms with Crippen LogP contribution in [0.25, 0.3) is 11.1 Å². The van der Waals surface area contributed by atoms with Crippen LogP contribution in [-0.2, 0) is 11.2 Å². The Hall–Kier alpha value is -2.13. The van der Waals surface area contributed by atoms with Crippen molar-refractivity contribution >= 4 is 5.91 Å². The van der Waals surface area contributed by atoms with E-state index in [0.29, 0.717) is 6.54 Å². The molecule has 1 heterocycles. The molecule has 1 aliphatic heterocycles. The lowest BCUT2D eigenvalue weighted by Gasteiger charge is -2.36. The summed E-state index contributed by atoms with van der Waals surface area (Å²) in [6.45, 7) is 6.54. The topological polar surface area (TPSA) is 41.1 Å². The maximum atomic E-state index is 12.7. The number of benzene rings is 2. The molecule has 2 aromatic carbocycles. The van der Waals surface area contributed by atoms with Gasteiger partial charge in [-0.2, -0.15) is 0 Å². The first-order valence-corrected chi connectivity index (χ1v) is 9.28. The molecule has 1 fully saturated rings. The fourth-order valence-corrected chi connectivity index (χ4v) is 3.69. The number of hydrogen-bond donors (Lipinski definition) is 2. The fourth-order valence-electron chi connectivity index (χ4n) is 3.69. The molecule has 0 radical (unpaired) electrons. The smallest absolute Gasteiger partial charge is 0.227 e. The number of hydrogen-bond acceptors (Lipinski definition) is 2. The Morgan fingerprint density at radius 3 is 2.28 bits per heavy atom. The predicted octanol–water partition coefficient (Wildman–Crippen LogP) is 3.71. The van der Waals surface area contributed by atoms with E-state index in [2.05, 4.69) is 66.1 Å². The second-order valence-corrected chi connectivity index (χ2v) is 7.16. The van der Waals surface area contributed by atoms with Gasteiger partial charge in [-0.3, -0.25) is 4.79 Å². The van der Waals surface area contributed by atoms with E-state index in [4.69, 9.17) is 0 Å². The molecule has 0 bridgehead atoms. The molecule has 3 rings (SSSR count). The van der Waals surface area contributed by atoms with Crippen LogP contribution in [0, 0.1) is 12.3 Å². The third-order valence-electron chi connectivity index (χ3n) is 5.17. The molecule has 25 heavy (non-hydrogen) atoms. The van der Waals surface area contributed by atoms with E-state index in [9.17, 15) is 4.79 Å². The Balaban J connectivity index is 1.78. The minimum atomic E-state index is -0.320. The van der Waals surface area contributed by atoms with Crippen molar-refractivity contribution in [2.75, 3.05) is 19.6 Å². The molecular weight excluding hydrogens is 308 g/mol. The molecule has 132 valence electrons. The van der Waals surface area contributed by atoms with E-state index in [-0.39, 0.29) is 11.3 Å². The van der Waals surface area contributed by atoms with E-state index in [1.807, 2.05) is 6.92 Å². The van der Waals surface area contributed by atoms with Crippen LogP contribution in [0.5, 0.6) is 0 Å². The summed E-state index contributed by atoms with van der Waals surface area (Å²) in [5, 5.41) is 6.46. The number of rotatable bonds is 5. The summed E-state index contributed by atoms with van der Waals surface area (Å²) in [4.78, 5) is 12.7. The molecule has 0 aromatic heterocycles. The van der Waals surface area contributed by atoms with Gasteiger partial charge < -0.3 is 10.6 Å². The summed E-state index contributed by atoms with van der Waals surface area (Å²) in [5.41, 5.74) is 4.63. The molecule has 3 nitrogen and oxygen atoms in total. The van der Waals surface area contributed by atoms with Crippen molar-refractivity contribution in [3.05, 3.63) is 59.7 Å². The third kappa shape index (κ3) is 4.10. The highest BCUT2D eigenvalue weighted by Crippen LogP contribution is 2.32. The van der Waals surface area contributed by atoms with Crippen molar-refractivity contribution in [2.45, 2.75) is 33.1 Å². The van der Waals surface area contributed by atoms with Crippen molar-refractivity contribution in [1.82, 2.24) is 10.6 Å². The van der Waals surface area contributed by atoms with Gasteiger partial charge in [-0.05, 0) is 56.3 Å². The highest BCUT2D eigenvalue weighted by Gasteiger charge is 2.39. The maximum absolute atomic E-state index is 12.7. The Morgan fingerprint density at radius 1 is 1.08 bits per heavy atom. The molecule has 1 aliphatic rings. The first kappa shape index (κ1) is 17.7. The average Bonchev–Trinajstić information content (AvgIpc) is 2.64. The van der Waals surface area contributed by atoms with Crippen LogP contribution in [0.15, 0.2) is 48.5 Å². The molecular formula is C22H28N2O. The van der Waals surface area contributed by atoms with Gasteiger partial charge in [0, 0.05) is 13.1 Å². The van der Waals surface area contributed by atoms with E-state index >= 15 is 0 Å². The van der Waals surface area contributed by atoms with Crippen molar-refractivity contribution in [3.8, 4) is 11.1 Å². The number of nitrogens with one attached hydrogen (secondary N) is 2. The Morgan fingerprint density at radius 2 is 1.72 bits per heavy atom. The normalized spacial score (nSPS) is 20.2. The third-order valence-corrected chi connectivity index (χ3v) is 5.17. The zero-order chi connectivity index (χ0) is 17.7. The molecule has 0 aliphatic carbocycles. The number of amides is 1. The number of aryl methyl sites for hydroxylation is 1. The zero-order valence-corrected chi connectivity index (χ0v) is 15.3. The lowest BCUT2D eigenvalue weighted by atomic mass is 9.74. The van der Waals surface area contributed by atoms with Gasteiger partial charge in [0.15, 0.2) is 0 Å². The second-order valence-electron chi connectivity index (χ2n) is 7.16. The molecule has 1 amide bonds. The lowest BCUT2D eigenvalue weighted by Crippen LogP contribution is -2.51. The summed E-state index contributed by atoms with van der Waals surface area (Å²) in [6.07, 6.45) is 2.80. The van der Waals surface area contributed by atoms with Crippen molar-refractivity contribution in [2.24, 2.45) is 5.41 Å². The van der Waals surface area contributed by atoms with Gasteiger partial charge >= 0.3 is 0 Å². The van der Waals surface area contributed by atoms with Crippen LogP contribution in [-0.4, -0.2) is 25.5 Å². The highest BCUT2D eigenvalue weighted by atomic mass is 16.2. The van der Waals surface area contributed by atoms with Crippen molar-refractivity contribution < 1.29 is 4.79 Å². The summed E-state index contributed by atoms with van der Waals surface area (Å²) in [6, 6.07) is 17.3. The molecule has 2 N–H and O–H groups in total. The van der Waals surface area contributed by atoms with Gasteiger partial charge in [-0.1, -0.05) is 54.1 Å². The summed E-state index contributed by atoms with van der Waals surface area (Å²) in [5.74, 6) is 0.185.